The van der Waals surface area contributed by atoms with E-state index in [0.29, 0.717) is 30.7 Å². The smallest absolute Gasteiger partial charge is 0.303 e. The van der Waals surface area contributed by atoms with Crippen LogP contribution in [0.3, 0.4) is 0 Å². The molecule has 170 valence electrons. The number of carbonyl (C=O) groups is 2. The summed E-state index contributed by atoms with van der Waals surface area (Å²) < 4.78 is 0. The van der Waals surface area contributed by atoms with Gasteiger partial charge >= 0.3 is 11.9 Å². The number of aliphatic carboxylic acids is 2. The molecule has 4 N–H and O–H groups in total. The molecule has 3 aliphatic carbocycles. The minimum Gasteiger partial charge on any atom is -0.481 e. The standard InChI is InChI=1S/C13H22O2.C10H19NO2.ClH/c1-2-13(9-12(14)15)10-5-3-6-11(13)8-4-7-10;1-8-3-2-4-10(5-8,7-11)6-9(12)13;/h10-11H,2-9H2,1H3,(H,14,15);8H,2-7,11H2,1H3,(H,12,13);1H. The average Bonchev–Trinajstić information content (AvgIpc) is 2.60. The molecule has 29 heavy (non-hydrogen) atoms. The maximum Gasteiger partial charge on any atom is 0.303 e. The van der Waals surface area contributed by atoms with Crippen molar-refractivity contribution in [3.05, 3.63) is 0 Å². The normalized spacial score (nSPS) is 36.2. The SMILES string of the molecule is CC1CCCC(CN)(CC(=O)O)C1.CCC1(CC(=O)O)C2CCCC1CCC2.Cl. The van der Waals surface area contributed by atoms with E-state index < -0.39 is 11.9 Å². The van der Waals surface area contributed by atoms with E-state index in [1.54, 1.807) is 0 Å². The van der Waals surface area contributed by atoms with Crippen LogP contribution in [0.25, 0.3) is 0 Å². The van der Waals surface area contributed by atoms with Crippen LogP contribution in [0.4, 0.5) is 0 Å². The Labute approximate surface area is 182 Å². The van der Waals surface area contributed by atoms with Gasteiger partial charge in [-0.1, -0.05) is 39.5 Å². The lowest BCUT2D eigenvalue weighted by Crippen LogP contribution is -2.45. The Bertz CT molecular complexity index is 519. The monoisotopic (exact) mass is 431 g/mol. The molecule has 0 aromatic rings. The Morgan fingerprint density at radius 2 is 1.45 bits per heavy atom. The summed E-state index contributed by atoms with van der Waals surface area (Å²) in [4.78, 5) is 21.7. The van der Waals surface area contributed by atoms with Crippen molar-refractivity contribution in [3.8, 4) is 0 Å². The lowest BCUT2D eigenvalue weighted by Gasteiger charge is -2.52. The molecule has 0 aromatic carbocycles. The maximum absolute atomic E-state index is 11.1. The van der Waals surface area contributed by atoms with E-state index in [2.05, 4.69) is 13.8 Å². The molecule has 5 nitrogen and oxygen atoms in total. The largest absolute Gasteiger partial charge is 0.481 e. The van der Waals surface area contributed by atoms with Crippen molar-refractivity contribution in [2.24, 2.45) is 34.3 Å². The molecule has 3 fully saturated rings. The predicted octanol–water partition coefficient (Wildman–Crippen LogP) is 5.50. The summed E-state index contributed by atoms with van der Waals surface area (Å²) >= 11 is 0. The molecule has 3 rings (SSSR count). The molecule has 0 heterocycles. The first-order valence-corrected chi connectivity index (χ1v) is 11.4. The number of nitrogens with two attached hydrogens (primary N) is 1. The summed E-state index contributed by atoms with van der Waals surface area (Å²) in [6, 6.07) is 0. The zero-order valence-corrected chi connectivity index (χ0v) is 19.1. The molecule has 0 radical (unpaired) electrons. The van der Waals surface area contributed by atoms with Crippen LogP contribution in [0.2, 0.25) is 0 Å². The molecule has 0 aliphatic heterocycles. The van der Waals surface area contributed by atoms with Crippen LogP contribution in [0.15, 0.2) is 0 Å². The van der Waals surface area contributed by atoms with Gasteiger partial charge in [-0.05, 0) is 80.1 Å². The van der Waals surface area contributed by atoms with E-state index in [4.69, 9.17) is 15.9 Å². The van der Waals surface area contributed by atoms with E-state index >= 15 is 0 Å². The third kappa shape index (κ3) is 6.58. The quantitative estimate of drug-likeness (QED) is 0.515. The maximum atomic E-state index is 11.1. The molecule has 3 saturated carbocycles. The molecule has 3 aliphatic rings. The van der Waals surface area contributed by atoms with Crippen LogP contribution in [-0.2, 0) is 9.59 Å². The highest BCUT2D eigenvalue weighted by atomic mass is 35.5. The first kappa shape index (κ1) is 26.2. The number of halogens is 1. The zero-order valence-electron chi connectivity index (χ0n) is 18.3. The molecule has 0 saturated heterocycles. The first-order valence-electron chi connectivity index (χ1n) is 11.4. The Morgan fingerprint density at radius 3 is 1.83 bits per heavy atom. The Balaban J connectivity index is 0.000000284. The summed E-state index contributed by atoms with van der Waals surface area (Å²) in [6.07, 6.45) is 13.8. The molecule has 2 bridgehead atoms. The van der Waals surface area contributed by atoms with Crippen LogP contribution in [-0.4, -0.2) is 28.7 Å². The van der Waals surface area contributed by atoms with Crippen molar-refractivity contribution in [2.45, 2.75) is 97.3 Å². The molecule has 0 amide bonds. The molecule has 2 unspecified atom stereocenters. The second-order valence-corrected chi connectivity index (χ2v) is 9.89. The Hall–Kier alpha value is -0.810. The van der Waals surface area contributed by atoms with E-state index in [1.807, 2.05) is 0 Å². The Kier molecular flexibility index (Phi) is 10.4. The predicted molar refractivity (Wildman–Crippen MR) is 118 cm³/mol. The van der Waals surface area contributed by atoms with Crippen molar-refractivity contribution in [3.63, 3.8) is 0 Å². The zero-order chi connectivity index (χ0) is 20.8. The van der Waals surface area contributed by atoms with Crippen molar-refractivity contribution in [2.75, 3.05) is 6.54 Å². The molecular weight excluding hydrogens is 390 g/mol. The van der Waals surface area contributed by atoms with E-state index in [9.17, 15) is 9.59 Å². The minimum atomic E-state index is -0.709. The number of carboxylic acid groups (broad SMARTS) is 2. The van der Waals surface area contributed by atoms with Gasteiger partial charge in [-0.2, -0.15) is 0 Å². The van der Waals surface area contributed by atoms with E-state index in [1.165, 1.54) is 44.9 Å². The van der Waals surface area contributed by atoms with Gasteiger partial charge in [0, 0.05) is 0 Å². The summed E-state index contributed by atoms with van der Waals surface area (Å²) in [5.41, 5.74) is 5.73. The van der Waals surface area contributed by atoms with Gasteiger partial charge in [0.25, 0.3) is 0 Å². The van der Waals surface area contributed by atoms with Gasteiger partial charge in [0.1, 0.15) is 0 Å². The summed E-state index contributed by atoms with van der Waals surface area (Å²) in [7, 11) is 0. The van der Waals surface area contributed by atoms with Crippen LogP contribution >= 0.6 is 12.4 Å². The third-order valence-corrected chi connectivity index (χ3v) is 8.12. The molecule has 6 heteroatoms. The van der Waals surface area contributed by atoms with Gasteiger partial charge in [-0.25, -0.2) is 0 Å². The van der Waals surface area contributed by atoms with Crippen LogP contribution in [0.5, 0.6) is 0 Å². The highest BCUT2D eigenvalue weighted by molar-refractivity contribution is 5.85. The van der Waals surface area contributed by atoms with Gasteiger partial charge < -0.3 is 15.9 Å². The molecule has 2 atom stereocenters. The van der Waals surface area contributed by atoms with Crippen LogP contribution in [0.1, 0.15) is 97.3 Å². The van der Waals surface area contributed by atoms with Gasteiger partial charge in [0.05, 0.1) is 12.8 Å². The van der Waals surface area contributed by atoms with E-state index in [0.717, 1.165) is 25.7 Å². The van der Waals surface area contributed by atoms with Gasteiger partial charge in [0.15, 0.2) is 0 Å². The lowest BCUT2D eigenvalue weighted by molar-refractivity contribution is -0.145. The fourth-order valence-corrected chi connectivity index (χ4v) is 6.77. The van der Waals surface area contributed by atoms with Crippen molar-refractivity contribution in [1.29, 1.82) is 0 Å². The molecule has 0 aromatic heterocycles. The van der Waals surface area contributed by atoms with Gasteiger partial charge in [-0.15, -0.1) is 12.4 Å². The fourth-order valence-electron chi connectivity index (χ4n) is 6.77. The second-order valence-electron chi connectivity index (χ2n) is 9.89. The fraction of sp³-hybridized carbons (Fsp3) is 0.913. The average molecular weight is 432 g/mol. The first-order chi connectivity index (χ1) is 13.3. The summed E-state index contributed by atoms with van der Waals surface area (Å²) in [6.45, 7) is 4.90. The topological polar surface area (TPSA) is 101 Å². The highest BCUT2D eigenvalue weighted by Gasteiger charge is 2.49. The number of hydrogen-bond acceptors (Lipinski definition) is 3. The lowest BCUT2D eigenvalue weighted by atomic mass is 9.52. The third-order valence-electron chi connectivity index (χ3n) is 8.12. The number of carboxylic acids is 2. The van der Waals surface area contributed by atoms with E-state index in [-0.39, 0.29) is 29.7 Å². The summed E-state index contributed by atoms with van der Waals surface area (Å²) in [5, 5.41) is 17.9. The van der Waals surface area contributed by atoms with Crippen molar-refractivity contribution in [1.82, 2.24) is 0 Å². The highest BCUT2D eigenvalue weighted by Crippen LogP contribution is 2.56. The number of fused-ring (bicyclic) bond motifs is 2. The second kappa shape index (κ2) is 11.5. The number of rotatable bonds is 6. The minimum absolute atomic E-state index is 0. The molecule has 0 spiro atoms. The Morgan fingerprint density at radius 1 is 0.931 bits per heavy atom. The van der Waals surface area contributed by atoms with Crippen molar-refractivity contribution < 1.29 is 19.8 Å². The van der Waals surface area contributed by atoms with Gasteiger partial charge in [0.2, 0.25) is 0 Å². The van der Waals surface area contributed by atoms with Crippen LogP contribution < -0.4 is 5.73 Å². The van der Waals surface area contributed by atoms with Crippen LogP contribution in [0, 0.1) is 28.6 Å². The van der Waals surface area contributed by atoms with Crippen molar-refractivity contribution >= 4 is 24.3 Å². The van der Waals surface area contributed by atoms with Gasteiger partial charge in [-0.3, -0.25) is 9.59 Å². The number of hydrogen-bond donors (Lipinski definition) is 3. The summed E-state index contributed by atoms with van der Waals surface area (Å²) in [5.74, 6) is 0.740. The molecular formula is C23H42ClNO4.